The molecule has 0 saturated carbocycles. The van der Waals surface area contributed by atoms with Crippen molar-refractivity contribution in [3.8, 4) is 11.5 Å². The lowest BCUT2D eigenvalue weighted by Crippen LogP contribution is -2.47. The monoisotopic (exact) mass is 390 g/mol. The van der Waals surface area contributed by atoms with E-state index >= 15 is 0 Å². The van der Waals surface area contributed by atoms with Crippen molar-refractivity contribution in [1.82, 2.24) is 19.2 Å². The quantitative estimate of drug-likeness (QED) is 0.641. The molecule has 148 valence electrons. The van der Waals surface area contributed by atoms with Crippen molar-refractivity contribution in [2.24, 2.45) is 0 Å². The van der Waals surface area contributed by atoms with Crippen LogP contribution in [-0.2, 0) is 11.3 Å². The Labute approximate surface area is 168 Å². The van der Waals surface area contributed by atoms with Crippen LogP contribution in [0.15, 0.2) is 54.9 Å². The van der Waals surface area contributed by atoms with E-state index in [2.05, 4.69) is 14.3 Å². The normalized spacial score (nSPS) is 16.8. The molecule has 0 spiro atoms. The number of carbonyl (C=O) groups is 1. The number of hydrogen-bond acceptors (Lipinski definition) is 5. The second kappa shape index (κ2) is 7.60. The largest absolute Gasteiger partial charge is 0.454 e. The Balaban J connectivity index is 1.16. The summed E-state index contributed by atoms with van der Waals surface area (Å²) >= 11 is 0. The first-order valence-corrected chi connectivity index (χ1v) is 9.76. The molecule has 4 heterocycles. The number of hydrogen-bond donors (Lipinski definition) is 0. The fourth-order valence-electron chi connectivity index (χ4n) is 3.75. The van der Waals surface area contributed by atoms with Gasteiger partial charge in [-0.25, -0.2) is 4.98 Å². The van der Waals surface area contributed by atoms with Crippen molar-refractivity contribution >= 4 is 17.6 Å². The third-order valence-electron chi connectivity index (χ3n) is 5.38. The molecule has 0 radical (unpaired) electrons. The van der Waals surface area contributed by atoms with Crippen molar-refractivity contribution in [3.63, 3.8) is 0 Å². The summed E-state index contributed by atoms with van der Waals surface area (Å²) in [5.74, 6) is 1.51. The first-order valence-electron chi connectivity index (χ1n) is 9.76. The molecule has 7 nitrogen and oxygen atoms in total. The van der Waals surface area contributed by atoms with Crippen LogP contribution in [0.2, 0.25) is 0 Å². The maximum Gasteiger partial charge on any atom is 0.246 e. The molecule has 0 bridgehead atoms. The summed E-state index contributed by atoms with van der Waals surface area (Å²) in [6.07, 6.45) is 7.44. The molecule has 2 aliphatic rings. The van der Waals surface area contributed by atoms with Gasteiger partial charge in [0, 0.05) is 45.0 Å². The van der Waals surface area contributed by atoms with Gasteiger partial charge in [0.15, 0.2) is 11.5 Å². The zero-order valence-electron chi connectivity index (χ0n) is 16.0. The van der Waals surface area contributed by atoms with E-state index in [1.807, 2.05) is 59.8 Å². The lowest BCUT2D eigenvalue weighted by molar-refractivity contribution is -0.127. The van der Waals surface area contributed by atoms with E-state index in [-0.39, 0.29) is 12.7 Å². The first kappa shape index (κ1) is 17.8. The summed E-state index contributed by atoms with van der Waals surface area (Å²) in [5, 5.41) is 0. The van der Waals surface area contributed by atoms with E-state index in [1.54, 1.807) is 6.08 Å². The third-order valence-corrected chi connectivity index (χ3v) is 5.38. The summed E-state index contributed by atoms with van der Waals surface area (Å²) in [7, 11) is 0. The van der Waals surface area contributed by atoms with E-state index in [0.29, 0.717) is 0 Å². The number of imidazole rings is 1. The molecule has 3 aromatic rings. The Morgan fingerprint density at radius 3 is 2.83 bits per heavy atom. The van der Waals surface area contributed by atoms with Crippen LogP contribution < -0.4 is 9.47 Å². The second-order valence-electron chi connectivity index (χ2n) is 7.23. The number of aromatic nitrogens is 2. The molecule has 1 amide bonds. The van der Waals surface area contributed by atoms with Gasteiger partial charge in [-0.2, -0.15) is 0 Å². The average Bonchev–Trinajstić information content (AvgIpc) is 3.39. The van der Waals surface area contributed by atoms with Crippen molar-refractivity contribution in [2.45, 2.75) is 6.54 Å². The highest BCUT2D eigenvalue weighted by molar-refractivity contribution is 5.92. The van der Waals surface area contributed by atoms with Crippen LogP contribution in [0.4, 0.5) is 0 Å². The van der Waals surface area contributed by atoms with Crippen LogP contribution in [0.25, 0.3) is 11.7 Å². The molecule has 0 N–H and O–H groups in total. The Morgan fingerprint density at radius 2 is 1.93 bits per heavy atom. The molecule has 0 aliphatic carbocycles. The fourth-order valence-corrected chi connectivity index (χ4v) is 3.75. The molecular weight excluding hydrogens is 368 g/mol. The van der Waals surface area contributed by atoms with Crippen molar-refractivity contribution in [2.75, 3.05) is 33.0 Å². The van der Waals surface area contributed by atoms with E-state index in [4.69, 9.17) is 9.47 Å². The van der Waals surface area contributed by atoms with Gasteiger partial charge in [0.05, 0.1) is 11.9 Å². The summed E-state index contributed by atoms with van der Waals surface area (Å²) in [6, 6.07) is 11.7. The zero-order valence-corrected chi connectivity index (χ0v) is 16.0. The molecule has 1 fully saturated rings. The van der Waals surface area contributed by atoms with Gasteiger partial charge in [-0.3, -0.25) is 9.69 Å². The lowest BCUT2D eigenvalue weighted by atomic mass is 10.2. The fraction of sp³-hybridized carbons (Fsp3) is 0.273. The maximum absolute atomic E-state index is 12.6. The minimum Gasteiger partial charge on any atom is -0.454 e. The SMILES string of the molecule is O=C(/C=C/c1ccc2c(c1)OCO2)N1CCN(Cc2cnc3ccccn23)CC1. The van der Waals surface area contributed by atoms with Gasteiger partial charge >= 0.3 is 0 Å². The Kier molecular flexibility index (Phi) is 4.65. The molecule has 2 aromatic heterocycles. The lowest BCUT2D eigenvalue weighted by Gasteiger charge is -2.34. The molecular formula is C22H22N4O3. The number of fused-ring (bicyclic) bond motifs is 2. The highest BCUT2D eigenvalue weighted by atomic mass is 16.7. The van der Waals surface area contributed by atoms with Crippen LogP contribution in [0.1, 0.15) is 11.3 Å². The van der Waals surface area contributed by atoms with E-state index in [1.165, 1.54) is 5.69 Å². The van der Waals surface area contributed by atoms with Gasteiger partial charge in [0.25, 0.3) is 0 Å². The highest BCUT2D eigenvalue weighted by Gasteiger charge is 2.20. The highest BCUT2D eigenvalue weighted by Crippen LogP contribution is 2.32. The Hall–Kier alpha value is -3.32. The van der Waals surface area contributed by atoms with Gasteiger partial charge in [-0.05, 0) is 35.9 Å². The topological polar surface area (TPSA) is 59.3 Å². The third kappa shape index (κ3) is 3.69. The van der Waals surface area contributed by atoms with Crippen LogP contribution in [0.5, 0.6) is 11.5 Å². The van der Waals surface area contributed by atoms with Crippen molar-refractivity contribution < 1.29 is 14.3 Å². The summed E-state index contributed by atoms with van der Waals surface area (Å²) < 4.78 is 12.8. The van der Waals surface area contributed by atoms with Gasteiger partial charge in [-0.1, -0.05) is 12.1 Å². The molecule has 5 rings (SSSR count). The van der Waals surface area contributed by atoms with E-state index < -0.39 is 0 Å². The minimum absolute atomic E-state index is 0.0390. The Morgan fingerprint density at radius 1 is 1.07 bits per heavy atom. The number of pyridine rings is 1. The van der Waals surface area contributed by atoms with Gasteiger partial charge in [-0.15, -0.1) is 0 Å². The van der Waals surface area contributed by atoms with Crippen LogP contribution in [0.3, 0.4) is 0 Å². The van der Waals surface area contributed by atoms with Crippen LogP contribution in [-0.4, -0.2) is 58.1 Å². The van der Waals surface area contributed by atoms with Crippen molar-refractivity contribution in [3.05, 3.63) is 66.1 Å². The van der Waals surface area contributed by atoms with E-state index in [9.17, 15) is 4.79 Å². The molecule has 0 unspecified atom stereocenters. The number of piperazine rings is 1. The number of carbonyl (C=O) groups excluding carboxylic acids is 1. The standard InChI is InChI=1S/C22H22N4O3/c27-22(7-5-17-4-6-19-20(13-17)29-16-28-19)25-11-9-24(10-12-25)15-18-14-23-21-3-1-2-8-26(18)21/h1-8,13-14H,9-12,15-16H2/b7-5+. The zero-order chi connectivity index (χ0) is 19.6. The predicted molar refractivity (Wildman–Crippen MR) is 109 cm³/mol. The number of benzene rings is 1. The van der Waals surface area contributed by atoms with Gasteiger partial charge in [0.2, 0.25) is 12.7 Å². The number of nitrogens with zero attached hydrogens (tertiary/aromatic N) is 4. The second-order valence-corrected chi connectivity index (χ2v) is 7.23. The molecule has 1 saturated heterocycles. The Bertz CT molecular complexity index is 1070. The molecule has 7 heteroatoms. The molecule has 29 heavy (non-hydrogen) atoms. The summed E-state index contributed by atoms with van der Waals surface area (Å²) in [4.78, 5) is 21.3. The molecule has 2 aliphatic heterocycles. The number of rotatable bonds is 4. The maximum atomic E-state index is 12.6. The average molecular weight is 390 g/mol. The van der Waals surface area contributed by atoms with Gasteiger partial charge in [0.1, 0.15) is 5.65 Å². The number of ether oxygens (including phenoxy) is 2. The van der Waals surface area contributed by atoms with Crippen molar-refractivity contribution in [1.29, 1.82) is 0 Å². The van der Waals surface area contributed by atoms with E-state index in [0.717, 1.165) is 55.4 Å². The summed E-state index contributed by atoms with van der Waals surface area (Å²) in [5.41, 5.74) is 3.06. The predicted octanol–water partition coefficient (Wildman–Crippen LogP) is 2.42. The van der Waals surface area contributed by atoms with Crippen LogP contribution in [0, 0.1) is 0 Å². The van der Waals surface area contributed by atoms with Crippen LogP contribution >= 0.6 is 0 Å². The molecule has 0 atom stereocenters. The first-order chi connectivity index (χ1) is 14.3. The smallest absolute Gasteiger partial charge is 0.246 e. The summed E-state index contributed by atoms with van der Waals surface area (Å²) in [6.45, 7) is 4.23. The number of amides is 1. The molecule has 1 aromatic carbocycles. The van der Waals surface area contributed by atoms with Gasteiger partial charge < -0.3 is 18.8 Å². The minimum atomic E-state index is 0.0390.